The third-order valence-corrected chi connectivity index (χ3v) is 6.16. The van der Waals surface area contributed by atoms with E-state index in [1.54, 1.807) is 32.4 Å². The Morgan fingerprint density at radius 2 is 1.19 bits per heavy atom. The highest BCUT2D eigenvalue weighted by atomic mass is 19.1. The zero-order valence-electron chi connectivity index (χ0n) is 20.8. The van der Waals surface area contributed by atoms with Crippen LogP contribution in [0.3, 0.4) is 0 Å². The Kier molecular flexibility index (Phi) is 7.39. The summed E-state index contributed by atoms with van der Waals surface area (Å²) in [6, 6.07) is 16.3. The summed E-state index contributed by atoms with van der Waals surface area (Å²) < 4.78 is 37.9. The van der Waals surface area contributed by atoms with Gasteiger partial charge in [-0.1, -0.05) is 30.3 Å². The Morgan fingerprint density at radius 1 is 0.703 bits per heavy atom. The van der Waals surface area contributed by atoms with E-state index >= 15 is 4.39 Å². The van der Waals surface area contributed by atoms with Gasteiger partial charge in [0.1, 0.15) is 36.4 Å². The highest BCUT2D eigenvalue weighted by Gasteiger charge is 2.16. The summed E-state index contributed by atoms with van der Waals surface area (Å²) in [5, 5.41) is 6.49. The molecule has 0 amide bonds. The van der Waals surface area contributed by atoms with Gasteiger partial charge in [-0.3, -0.25) is 9.98 Å². The van der Waals surface area contributed by atoms with Crippen molar-refractivity contribution in [2.75, 3.05) is 40.4 Å². The summed E-state index contributed by atoms with van der Waals surface area (Å²) in [5.74, 6) is 2.61. The van der Waals surface area contributed by atoms with Crippen molar-refractivity contribution in [1.29, 1.82) is 0 Å². The largest absolute Gasteiger partial charge is 0.496 e. The van der Waals surface area contributed by atoms with Crippen molar-refractivity contribution in [3.63, 3.8) is 0 Å². The van der Waals surface area contributed by atoms with E-state index in [1.165, 1.54) is 0 Å². The maximum atomic E-state index is 15.2. The molecule has 0 aromatic heterocycles. The lowest BCUT2D eigenvalue weighted by Crippen LogP contribution is -2.19. The Bertz CT molecular complexity index is 1240. The molecule has 0 aliphatic carbocycles. The zero-order valence-corrected chi connectivity index (χ0v) is 20.8. The van der Waals surface area contributed by atoms with Crippen LogP contribution < -0.4 is 29.6 Å². The molecule has 9 heteroatoms. The summed E-state index contributed by atoms with van der Waals surface area (Å²) in [6.45, 7) is 3.43. The Balaban J connectivity index is 1.26. The minimum atomic E-state index is -0.567. The second kappa shape index (κ2) is 11.2. The van der Waals surface area contributed by atoms with Crippen LogP contribution in [0.4, 0.5) is 4.39 Å². The molecule has 5 rings (SSSR count). The summed E-state index contributed by atoms with van der Waals surface area (Å²) in [5.41, 5.74) is 3.47. The molecule has 2 aliphatic rings. The quantitative estimate of drug-likeness (QED) is 0.438. The van der Waals surface area contributed by atoms with Crippen LogP contribution >= 0.6 is 0 Å². The first kappa shape index (κ1) is 24.4. The standard InChI is InChI=1S/C28H29FN4O4/c1-34-24-14-18(27-30-10-11-31-27)6-8-20(24)16-36-22-4-3-5-23(26(22)29)37-17-21-9-7-19(15-25(21)35-2)28-32-12-13-33-28/h3-9,14-15H,10-13,16-17H2,1-2H3,(H,30,31)(H,32,33). The van der Waals surface area contributed by atoms with Crippen LogP contribution in [0.15, 0.2) is 64.6 Å². The molecule has 2 N–H and O–H groups in total. The molecule has 0 saturated carbocycles. The van der Waals surface area contributed by atoms with Crippen molar-refractivity contribution < 1.29 is 23.3 Å². The maximum Gasteiger partial charge on any atom is 0.206 e. The van der Waals surface area contributed by atoms with Crippen LogP contribution in [0.25, 0.3) is 0 Å². The fraction of sp³-hybridized carbons (Fsp3) is 0.286. The zero-order chi connectivity index (χ0) is 25.6. The predicted molar refractivity (Wildman–Crippen MR) is 140 cm³/mol. The maximum absolute atomic E-state index is 15.2. The number of methoxy groups -OCH3 is 2. The molecule has 0 radical (unpaired) electrons. The molecule has 37 heavy (non-hydrogen) atoms. The highest BCUT2D eigenvalue weighted by Crippen LogP contribution is 2.30. The number of halogens is 1. The lowest BCUT2D eigenvalue weighted by Gasteiger charge is -2.15. The van der Waals surface area contributed by atoms with E-state index in [9.17, 15) is 0 Å². The summed E-state index contributed by atoms with van der Waals surface area (Å²) in [7, 11) is 3.19. The van der Waals surface area contributed by atoms with Crippen LogP contribution in [0, 0.1) is 5.82 Å². The van der Waals surface area contributed by atoms with Crippen LogP contribution in [0.5, 0.6) is 23.0 Å². The first-order valence-electron chi connectivity index (χ1n) is 12.1. The van der Waals surface area contributed by atoms with Crippen LogP contribution in [-0.4, -0.2) is 52.1 Å². The first-order chi connectivity index (χ1) is 18.2. The van der Waals surface area contributed by atoms with Crippen molar-refractivity contribution in [3.8, 4) is 23.0 Å². The van der Waals surface area contributed by atoms with Crippen LogP contribution in [0.2, 0.25) is 0 Å². The topological polar surface area (TPSA) is 85.7 Å². The molecule has 0 unspecified atom stereocenters. The van der Waals surface area contributed by atoms with Gasteiger partial charge >= 0.3 is 0 Å². The van der Waals surface area contributed by atoms with Gasteiger partial charge in [0, 0.05) is 35.3 Å². The van der Waals surface area contributed by atoms with Crippen molar-refractivity contribution in [1.82, 2.24) is 10.6 Å². The van der Waals surface area contributed by atoms with Gasteiger partial charge in [0.05, 0.1) is 27.3 Å². The van der Waals surface area contributed by atoms with Crippen molar-refractivity contribution in [2.24, 2.45) is 9.98 Å². The summed E-state index contributed by atoms with van der Waals surface area (Å²) in [4.78, 5) is 8.88. The number of hydrogen-bond acceptors (Lipinski definition) is 8. The minimum absolute atomic E-state index is 0.0955. The monoisotopic (exact) mass is 504 g/mol. The minimum Gasteiger partial charge on any atom is -0.496 e. The van der Waals surface area contributed by atoms with Gasteiger partial charge < -0.3 is 29.6 Å². The lowest BCUT2D eigenvalue weighted by molar-refractivity contribution is 0.257. The molecule has 2 heterocycles. The van der Waals surface area contributed by atoms with Gasteiger partial charge in [-0.25, -0.2) is 0 Å². The van der Waals surface area contributed by atoms with Gasteiger partial charge in [-0.2, -0.15) is 4.39 Å². The van der Waals surface area contributed by atoms with E-state index in [1.807, 2.05) is 36.4 Å². The molecule has 3 aromatic carbocycles. The molecular weight excluding hydrogens is 475 g/mol. The van der Waals surface area contributed by atoms with E-state index in [0.717, 1.165) is 60.1 Å². The molecule has 2 aliphatic heterocycles. The molecular formula is C28H29FN4O4. The fourth-order valence-electron chi connectivity index (χ4n) is 4.23. The van der Waals surface area contributed by atoms with Gasteiger partial charge in [0.15, 0.2) is 11.5 Å². The Morgan fingerprint density at radius 3 is 1.59 bits per heavy atom. The molecule has 0 spiro atoms. The highest BCUT2D eigenvalue weighted by molar-refractivity contribution is 6.00. The molecule has 192 valence electrons. The number of nitrogens with one attached hydrogen (secondary N) is 2. The average Bonchev–Trinajstić information content (AvgIpc) is 3.67. The van der Waals surface area contributed by atoms with Gasteiger partial charge in [0.25, 0.3) is 0 Å². The molecule has 0 fully saturated rings. The SMILES string of the molecule is COc1cc(C2=NCCN2)ccc1COc1cccc(OCc2ccc(C3=NCCN3)cc2OC)c1F. The second-order valence-electron chi connectivity index (χ2n) is 8.51. The van der Waals surface area contributed by atoms with E-state index in [4.69, 9.17) is 18.9 Å². The van der Waals surface area contributed by atoms with E-state index < -0.39 is 5.82 Å². The Hall–Kier alpha value is -4.27. The molecule has 0 atom stereocenters. The summed E-state index contributed by atoms with van der Waals surface area (Å²) in [6.07, 6.45) is 0. The molecule has 0 saturated heterocycles. The van der Waals surface area contributed by atoms with Gasteiger partial charge in [-0.15, -0.1) is 0 Å². The smallest absolute Gasteiger partial charge is 0.206 e. The normalized spacial score (nSPS) is 14.4. The number of hydrogen-bond donors (Lipinski definition) is 2. The third kappa shape index (κ3) is 5.45. The van der Waals surface area contributed by atoms with E-state index in [-0.39, 0.29) is 24.7 Å². The van der Waals surface area contributed by atoms with Gasteiger partial charge in [-0.05, 0) is 24.3 Å². The predicted octanol–water partition coefficient (Wildman–Crippen LogP) is 3.70. The van der Waals surface area contributed by atoms with E-state index in [2.05, 4.69) is 20.6 Å². The van der Waals surface area contributed by atoms with Gasteiger partial charge in [0.2, 0.25) is 5.82 Å². The number of nitrogens with zero attached hydrogens (tertiary/aromatic N) is 2. The second-order valence-corrected chi connectivity index (χ2v) is 8.51. The first-order valence-corrected chi connectivity index (χ1v) is 12.1. The molecule has 0 bridgehead atoms. The third-order valence-electron chi connectivity index (χ3n) is 6.16. The molecule has 8 nitrogen and oxygen atoms in total. The summed E-state index contributed by atoms with van der Waals surface area (Å²) >= 11 is 0. The number of rotatable bonds is 10. The lowest BCUT2D eigenvalue weighted by atomic mass is 10.1. The number of ether oxygens (including phenoxy) is 4. The number of aliphatic imine (C=N–C) groups is 2. The fourth-order valence-corrected chi connectivity index (χ4v) is 4.23. The molecule has 3 aromatic rings. The van der Waals surface area contributed by atoms with Crippen molar-refractivity contribution in [2.45, 2.75) is 13.2 Å². The number of amidine groups is 2. The van der Waals surface area contributed by atoms with E-state index in [0.29, 0.717) is 11.5 Å². The van der Waals surface area contributed by atoms with Crippen molar-refractivity contribution >= 4 is 11.7 Å². The average molecular weight is 505 g/mol. The van der Waals surface area contributed by atoms with Crippen molar-refractivity contribution in [3.05, 3.63) is 82.7 Å². The Labute approximate surface area is 215 Å². The van der Waals surface area contributed by atoms with Crippen LogP contribution in [-0.2, 0) is 13.2 Å². The number of benzene rings is 3. The van der Waals surface area contributed by atoms with Crippen LogP contribution in [0.1, 0.15) is 22.3 Å².